The van der Waals surface area contributed by atoms with Crippen LogP contribution in [-0.4, -0.2) is 28.9 Å². The maximum absolute atomic E-state index is 12.0. The fourth-order valence-corrected chi connectivity index (χ4v) is 2.17. The second-order valence-corrected chi connectivity index (χ2v) is 4.85. The summed E-state index contributed by atoms with van der Waals surface area (Å²) < 4.78 is 9.32. The fraction of sp³-hybridized carbons (Fsp3) is 0.308. The minimum absolute atomic E-state index is 0.0422. The van der Waals surface area contributed by atoms with Gasteiger partial charge in [0.1, 0.15) is 5.82 Å². The Balaban J connectivity index is 1.98. The monoisotopic (exact) mass is 277 g/mol. The van der Waals surface area contributed by atoms with E-state index in [0.717, 1.165) is 22.8 Å². The molecule has 6 heteroatoms. The van der Waals surface area contributed by atoms with Crippen LogP contribution in [0.5, 0.6) is 5.19 Å². The molecule has 1 heterocycles. The van der Waals surface area contributed by atoms with Gasteiger partial charge in [-0.3, -0.25) is 4.79 Å². The molecule has 0 saturated heterocycles. The number of benzene rings is 1. The van der Waals surface area contributed by atoms with Gasteiger partial charge in [-0.15, -0.1) is 0 Å². The predicted molar refractivity (Wildman–Crippen MR) is 74.7 cm³/mol. The molecule has 0 aliphatic rings. The number of anilines is 1. The molecule has 0 saturated carbocycles. The summed E-state index contributed by atoms with van der Waals surface area (Å²) in [5.41, 5.74) is 1.93. The molecule has 0 atom stereocenters. The molecule has 5 nitrogen and oxygen atoms in total. The molecule has 0 aliphatic carbocycles. The summed E-state index contributed by atoms with van der Waals surface area (Å²) in [6.45, 7) is 3.71. The zero-order chi connectivity index (χ0) is 13.8. The van der Waals surface area contributed by atoms with E-state index in [1.54, 1.807) is 18.9 Å². The number of likely N-dealkylation sites (N-methyl/N-ethyl adjacent to an activating group) is 1. The SMILES string of the molecule is Cc1nsc(OCC(=O)N(C)c2ccccc2C)n1. The van der Waals surface area contributed by atoms with Crippen LogP contribution in [0, 0.1) is 13.8 Å². The van der Waals surface area contributed by atoms with Crippen molar-refractivity contribution in [1.82, 2.24) is 9.36 Å². The van der Waals surface area contributed by atoms with Gasteiger partial charge < -0.3 is 9.64 Å². The Kier molecular flexibility index (Phi) is 4.11. The van der Waals surface area contributed by atoms with Crippen molar-refractivity contribution in [2.75, 3.05) is 18.6 Å². The largest absolute Gasteiger partial charge is 0.459 e. The van der Waals surface area contributed by atoms with Gasteiger partial charge in [0.05, 0.1) is 0 Å². The molecule has 0 aliphatic heterocycles. The first-order valence-corrected chi connectivity index (χ1v) is 6.60. The van der Waals surface area contributed by atoms with E-state index in [9.17, 15) is 4.79 Å². The quantitative estimate of drug-likeness (QED) is 0.859. The minimum Gasteiger partial charge on any atom is -0.459 e. The number of amides is 1. The summed E-state index contributed by atoms with van der Waals surface area (Å²) in [5, 5.41) is 0.420. The number of para-hydroxylation sites is 1. The van der Waals surface area contributed by atoms with E-state index in [4.69, 9.17) is 4.74 Å². The molecule has 19 heavy (non-hydrogen) atoms. The smallest absolute Gasteiger partial charge is 0.293 e. The van der Waals surface area contributed by atoms with Gasteiger partial charge in [-0.25, -0.2) is 0 Å². The highest BCUT2D eigenvalue weighted by atomic mass is 32.1. The Bertz CT molecular complexity index is 583. The van der Waals surface area contributed by atoms with E-state index in [1.807, 2.05) is 31.2 Å². The van der Waals surface area contributed by atoms with Crippen LogP contribution in [-0.2, 0) is 4.79 Å². The number of aromatic nitrogens is 2. The molecule has 0 radical (unpaired) electrons. The molecule has 2 aromatic rings. The zero-order valence-electron chi connectivity index (χ0n) is 11.1. The number of rotatable bonds is 4. The number of hydrogen-bond donors (Lipinski definition) is 0. The highest BCUT2D eigenvalue weighted by Crippen LogP contribution is 2.18. The fourth-order valence-electron chi connectivity index (χ4n) is 1.63. The third kappa shape index (κ3) is 3.29. The second-order valence-electron chi connectivity index (χ2n) is 4.14. The summed E-state index contributed by atoms with van der Waals surface area (Å²) in [6.07, 6.45) is 0. The van der Waals surface area contributed by atoms with Gasteiger partial charge in [-0.1, -0.05) is 18.2 Å². The Morgan fingerprint density at radius 1 is 1.37 bits per heavy atom. The van der Waals surface area contributed by atoms with Crippen LogP contribution in [0.4, 0.5) is 5.69 Å². The van der Waals surface area contributed by atoms with Crippen LogP contribution in [0.15, 0.2) is 24.3 Å². The van der Waals surface area contributed by atoms with Crippen molar-refractivity contribution in [3.8, 4) is 5.19 Å². The average Bonchev–Trinajstić information content (AvgIpc) is 2.81. The van der Waals surface area contributed by atoms with Gasteiger partial charge in [0.15, 0.2) is 6.61 Å². The molecule has 0 N–H and O–H groups in total. The predicted octanol–water partition coefficient (Wildman–Crippen LogP) is 2.20. The summed E-state index contributed by atoms with van der Waals surface area (Å²) in [4.78, 5) is 17.7. The molecule has 0 bridgehead atoms. The molecule has 1 aromatic heterocycles. The third-order valence-electron chi connectivity index (χ3n) is 2.68. The lowest BCUT2D eigenvalue weighted by atomic mass is 10.2. The van der Waals surface area contributed by atoms with Crippen LogP contribution < -0.4 is 9.64 Å². The second kappa shape index (κ2) is 5.79. The lowest BCUT2D eigenvalue weighted by molar-refractivity contribution is -0.120. The lowest BCUT2D eigenvalue weighted by Gasteiger charge is -2.19. The Morgan fingerprint density at radius 3 is 2.74 bits per heavy atom. The number of aryl methyl sites for hydroxylation is 2. The van der Waals surface area contributed by atoms with Gasteiger partial charge in [-0.2, -0.15) is 9.36 Å². The normalized spacial score (nSPS) is 10.3. The number of carbonyl (C=O) groups excluding carboxylic acids is 1. The van der Waals surface area contributed by atoms with Crippen molar-refractivity contribution < 1.29 is 9.53 Å². The van der Waals surface area contributed by atoms with Crippen LogP contribution in [0.2, 0.25) is 0 Å². The zero-order valence-corrected chi connectivity index (χ0v) is 11.9. The van der Waals surface area contributed by atoms with Crippen LogP contribution in [0.25, 0.3) is 0 Å². The summed E-state index contributed by atoms with van der Waals surface area (Å²) in [6, 6.07) is 7.72. The van der Waals surface area contributed by atoms with Gasteiger partial charge in [0, 0.05) is 24.3 Å². The first kappa shape index (κ1) is 13.5. The van der Waals surface area contributed by atoms with Gasteiger partial charge in [0.2, 0.25) is 0 Å². The first-order chi connectivity index (χ1) is 9.08. The average molecular weight is 277 g/mol. The topological polar surface area (TPSA) is 55.3 Å². The summed E-state index contributed by atoms with van der Waals surface area (Å²) >= 11 is 1.15. The number of nitrogens with zero attached hydrogens (tertiary/aromatic N) is 3. The van der Waals surface area contributed by atoms with Gasteiger partial charge in [0.25, 0.3) is 11.1 Å². The molecule has 1 aromatic carbocycles. The van der Waals surface area contributed by atoms with Gasteiger partial charge in [-0.05, 0) is 25.5 Å². The first-order valence-electron chi connectivity index (χ1n) is 5.83. The number of carbonyl (C=O) groups is 1. The van der Waals surface area contributed by atoms with E-state index < -0.39 is 0 Å². The van der Waals surface area contributed by atoms with E-state index in [-0.39, 0.29) is 12.5 Å². The Labute approximate surface area is 116 Å². The van der Waals surface area contributed by atoms with E-state index in [1.165, 1.54) is 0 Å². The van der Waals surface area contributed by atoms with Crippen LogP contribution >= 0.6 is 11.5 Å². The highest BCUT2D eigenvalue weighted by Gasteiger charge is 2.14. The number of hydrogen-bond acceptors (Lipinski definition) is 5. The van der Waals surface area contributed by atoms with Crippen molar-refractivity contribution in [1.29, 1.82) is 0 Å². The molecule has 0 spiro atoms. The standard InChI is InChI=1S/C13H15N3O2S/c1-9-6-4-5-7-11(9)16(3)12(17)8-18-13-14-10(2)15-19-13/h4-7H,8H2,1-3H3. The highest BCUT2D eigenvalue weighted by molar-refractivity contribution is 7.07. The van der Waals surface area contributed by atoms with E-state index in [0.29, 0.717) is 11.0 Å². The van der Waals surface area contributed by atoms with Crippen molar-refractivity contribution in [3.05, 3.63) is 35.7 Å². The molecule has 100 valence electrons. The Hall–Kier alpha value is -1.95. The summed E-state index contributed by atoms with van der Waals surface area (Å²) in [5.74, 6) is 0.530. The lowest BCUT2D eigenvalue weighted by Crippen LogP contribution is -2.31. The van der Waals surface area contributed by atoms with E-state index >= 15 is 0 Å². The molecular formula is C13H15N3O2S. The molecular weight excluding hydrogens is 262 g/mol. The van der Waals surface area contributed by atoms with Crippen molar-refractivity contribution in [2.45, 2.75) is 13.8 Å². The van der Waals surface area contributed by atoms with Crippen LogP contribution in [0.1, 0.15) is 11.4 Å². The summed E-state index contributed by atoms with van der Waals surface area (Å²) in [7, 11) is 1.74. The van der Waals surface area contributed by atoms with Crippen molar-refractivity contribution >= 4 is 23.1 Å². The minimum atomic E-state index is -0.123. The maximum Gasteiger partial charge on any atom is 0.293 e. The molecule has 2 rings (SSSR count). The number of ether oxygens (including phenoxy) is 1. The van der Waals surface area contributed by atoms with Gasteiger partial charge >= 0.3 is 0 Å². The maximum atomic E-state index is 12.0. The van der Waals surface area contributed by atoms with Crippen molar-refractivity contribution in [2.24, 2.45) is 0 Å². The van der Waals surface area contributed by atoms with Crippen molar-refractivity contribution in [3.63, 3.8) is 0 Å². The third-order valence-corrected chi connectivity index (χ3v) is 3.40. The molecule has 1 amide bonds. The Morgan fingerprint density at radius 2 is 2.11 bits per heavy atom. The molecule has 0 fully saturated rings. The van der Waals surface area contributed by atoms with Crippen LogP contribution in [0.3, 0.4) is 0 Å². The van der Waals surface area contributed by atoms with E-state index in [2.05, 4.69) is 9.36 Å². The molecule has 0 unspecified atom stereocenters.